The molecule has 0 saturated heterocycles. The van der Waals surface area contributed by atoms with E-state index >= 15 is 0 Å². The van der Waals surface area contributed by atoms with Gasteiger partial charge in [-0.25, -0.2) is 0 Å². The van der Waals surface area contributed by atoms with E-state index in [0.29, 0.717) is 12.0 Å². The predicted molar refractivity (Wildman–Crippen MR) is 84.9 cm³/mol. The van der Waals surface area contributed by atoms with Crippen LogP contribution in [0.15, 0.2) is 24.4 Å². The summed E-state index contributed by atoms with van der Waals surface area (Å²) in [7, 11) is 0. The molecule has 1 fully saturated rings. The number of rotatable bonds is 4. The highest BCUT2D eigenvalue weighted by Crippen LogP contribution is 2.23. The summed E-state index contributed by atoms with van der Waals surface area (Å²) in [6, 6.07) is 6.68. The van der Waals surface area contributed by atoms with Gasteiger partial charge < -0.3 is 10.6 Å². The van der Waals surface area contributed by atoms with Crippen molar-refractivity contribution in [1.29, 1.82) is 0 Å². The first-order chi connectivity index (χ1) is 10.2. The van der Waals surface area contributed by atoms with Gasteiger partial charge in [0.1, 0.15) is 0 Å². The summed E-state index contributed by atoms with van der Waals surface area (Å²) in [6.07, 6.45) is 6.70. The molecule has 0 spiro atoms. The van der Waals surface area contributed by atoms with Gasteiger partial charge >= 0.3 is 0 Å². The quantitative estimate of drug-likeness (QED) is 0.898. The molecule has 1 heterocycles. The Morgan fingerprint density at radius 2 is 1.95 bits per heavy atom. The van der Waals surface area contributed by atoms with E-state index < -0.39 is 0 Å². The van der Waals surface area contributed by atoms with Crippen LogP contribution in [0.1, 0.15) is 36.8 Å². The van der Waals surface area contributed by atoms with Crippen LogP contribution < -0.4 is 10.6 Å². The molecule has 110 valence electrons. The summed E-state index contributed by atoms with van der Waals surface area (Å²) < 4.78 is 0. The summed E-state index contributed by atoms with van der Waals surface area (Å²) in [6.45, 7) is 4.18. The fraction of sp³-hybridized carbons (Fsp3) is 0.438. The molecule has 5 heteroatoms. The smallest absolute Gasteiger partial charge is 0.249 e. The Morgan fingerprint density at radius 3 is 2.76 bits per heavy atom. The molecule has 1 saturated carbocycles. The molecule has 2 aromatic rings. The standard InChI is InChI=1S/C16H21N5/c1-11-6-5-9-14(12(11)2)19-16-20-15(10-17-21-16)18-13-7-3-4-8-13/h5-6,9-10,13H,3-4,7-8H2,1-2H3,(H2,18,19,20,21). The van der Waals surface area contributed by atoms with Crippen molar-refractivity contribution in [2.75, 3.05) is 10.6 Å². The lowest BCUT2D eigenvalue weighted by Crippen LogP contribution is -2.16. The molecule has 1 aliphatic carbocycles. The third-order valence-corrected chi connectivity index (χ3v) is 4.12. The number of nitrogens with one attached hydrogen (secondary N) is 2. The third-order valence-electron chi connectivity index (χ3n) is 4.12. The van der Waals surface area contributed by atoms with Gasteiger partial charge in [0.15, 0.2) is 5.82 Å². The molecule has 0 unspecified atom stereocenters. The van der Waals surface area contributed by atoms with Crippen LogP contribution in [-0.4, -0.2) is 21.2 Å². The number of aromatic nitrogens is 3. The van der Waals surface area contributed by atoms with Crippen molar-refractivity contribution in [3.63, 3.8) is 0 Å². The van der Waals surface area contributed by atoms with E-state index in [4.69, 9.17) is 0 Å². The predicted octanol–water partition coefficient (Wildman–Crippen LogP) is 3.59. The molecule has 21 heavy (non-hydrogen) atoms. The van der Waals surface area contributed by atoms with Gasteiger partial charge in [0.2, 0.25) is 5.95 Å². The van der Waals surface area contributed by atoms with Gasteiger partial charge in [0.05, 0.1) is 6.20 Å². The Kier molecular flexibility index (Phi) is 3.99. The number of hydrogen-bond donors (Lipinski definition) is 2. The molecule has 0 atom stereocenters. The van der Waals surface area contributed by atoms with Gasteiger partial charge in [-0.05, 0) is 43.9 Å². The maximum Gasteiger partial charge on any atom is 0.249 e. The van der Waals surface area contributed by atoms with Gasteiger partial charge in [0.25, 0.3) is 0 Å². The topological polar surface area (TPSA) is 62.7 Å². The number of anilines is 3. The summed E-state index contributed by atoms with van der Waals surface area (Å²) in [5.74, 6) is 1.33. The van der Waals surface area contributed by atoms with Crippen LogP contribution in [0.5, 0.6) is 0 Å². The zero-order chi connectivity index (χ0) is 14.7. The van der Waals surface area contributed by atoms with E-state index in [1.807, 2.05) is 12.1 Å². The van der Waals surface area contributed by atoms with Crippen molar-refractivity contribution in [3.05, 3.63) is 35.5 Å². The fourth-order valence-corrected chi connectivity index (χ4v) is 2.71. The van der Waals surface area contributed by atoms with Crippen LogP contribution in [0.25, 0.3) is 0 Å². The van der Waals surface area contributed by atoms with Crippen LogP contribution in [-0.2, 0) is 0 Å². The highest BCUT2D eigenvalue weighted by molar-refractivity contribution is 5.60. The minimum Gasteiger partial charge on any atom is -0.366 e. The number of aryl methyl sites for hydroxylation is 1. The molecule has 5 nitrogen and oxygen atoms in total. The second kappa shape index (κ2) is 6.08. The van der Waals surface area contributed by atoms with Crippen molar-refractivity contribution in [1.82, 2.24) is 15.2 Å². The Bertz CT molecular complexity index is 620. The first kappa shape index (κ1) is 13.8. The third kappa shape index (κ3) is 3.29. The largest absolute Gasteiger partial charge is 0.366 e. The Hall–Kier alpha value is -2.17. The summed E-state index contributed by atoms with van der Waals surface area (Å²) in [5, 5.41) is 14.8. The first-order valence-electron chi connectivity index (χ1n) is 7.52. The lowest BCUT2D eigenvalue weighted by Gasteiger charge is -2.13. The van der Waals surface area contributed by atoms with E-state index in [1.165, 1.54) is 36.8 Å². The van der Waals surface area contributed by atoms with Crippen LogP contribution in [0.3, 0.4) is 0 Å². The second-order valence-electron chi connectivity index (χ2n) is 5.66. The molecule has 0 radical (unpaired) electrons. The van der Waals surface area contributed by atoms with Crippen molar-refractivity contribution in [3.8, 4) is 0 Å². The van der Waals surface area contributed by atoms with Crippen LogP contribution in [0.4, 0.5) is 17.5 Å². The molecule has 0 bridgehead atoms. The second-order valence-corrected chi connectivity index (χ2v) is 5.66. The van der Waals surface area contributed by atoms with E-state index in [2.05, 4.69) is 45.7 Å². The molecule has 3 rings (SSSR count). The van der Waals surface area contributed by atoms with Crippen LogP contribution in [0, 0.1) is 13.8 Å². The summed E-state index contributed by atoms with van der Waals surface area (Å²) in [4.78, 5) is 4.51. The number of hydrogen-bond acceptors (Lipinski definition) is 5. The molecule has 1 aliphatic rings. The van der Waals surface area contributed by atoms with E-state index in [9.17, 15) is 0 Å². The molecular weight excluding hydrogens is 262 g/mol. The molecule has 0 aliphatic heterocycles. The molecule has 1 aromatic carbocycles. The Labute approximate surface area is 125 Å². The lowest BCUT2D eigenvalue weighted by molar-refractivity contribution is 0.747. The average Bonchev–Trinajstić information content (AvgIpc) is 2.97. The van der Waals surface area contributed by atoms with Gasteiger partial charge in [0, 0.05) is 11.7 Å². The van der Waals surface area contributed by atoms with Crippen molar-refractivity contribution < 1.29 is 0 Å². The molecule has 0 amide bonds. The fourth-order valence-electron chi connectivity index (χ4n) is 2.71. The normalized spacial score (nSPS) is 15.1. The maximum atomic E-state index is 4.51. The van der Waals surface area contributed by atoms with Gasteiger partial charge in [-0.2, -0.15) is 10.1 Å². The number of benzene rings is 1. The maximum absolute atomic E-state index is 4.51. The monoisotopic (exact) mass is 283 g/mol. The van der Waals surface area contributed by atoms with E-state index in [0.717, 1.165) is 11.5 Å². The van der Waals surface area contributed by atoms with Crippen molar-refractivity contribution >= 4 is 17.5 Å². The molecular formula is C16H21N5. The zero-order valence-corrected chi connectivity index (χ0v) is 12.6. The van der Waals surface area contributed by atoms with Crippen LogP contribution in [0.2, 0.25) is 0 Å². The average molecular weight is 283 g/mol. The van der Waals surface area contributed by atoms with Crippen molar-refractivity contribution in [2.24, 2.45) is 0 Å². The van der Waals surface area contributed by atoms with Crippen molar-refractivity contribution in [2.45, 2.75) is 45.6 Å². The minimum absolute atomic E-state index is 0.523. The van der Waals surface area contributed by atoms with Gasteiger partial charge in [-0.15, -0.1) is 5.10 Å². The SMILES string of the molecule is Cc1cccc(Nc2nncc(NC3CCCC3)n2)c1C. The molecule has 2 N–H and O–H groups in total. The van der Waals surface area contributed by atoms with E-state index in [1.54, 1.807) is 6.20 Å². The summed E-state index contributed by atoms with van der Waals surface area (Å²) >= 11 is 0. The highest BCUT2D eigenvalue weighted by Gasteiger charge is 2.15. The first-order valence-corrected chi connectivity index (χ1v) is 7.52. The lowest BCUT2D eigenvalue weighted by atomic mass is 10.1. The van der Waals surface area contributed by atoms with Crippen LogP contribution >= 0.6 is 0 Å². The minimum atomic E-state index is 0.523. The van der Waals surface area contributed by atoms with Gasteiger partial charge in [-0.1, -0.05) is 25.0 Å². The Balaban J connectivity index is 1.74. The number of nitrogens with zero attached hydrogens (tertiary/aromatic N) is 3. The Morgan fingerprint density at radius 1 is 1.14 bits per heavy atom. The molecule has 1 aromatic heterocycles. The summed E-state index contributed by atoms with van der Waals surface area (Å²) in [5.41, 5.74) is 3.47. The zero-order valence-electron chi connectivity index (χ0n) is 12.6. The highest BCUT2D eigenvalue weighted by atomic mass is 15.3. The van der Waals surface area contributed by atoms with E-state index in [-0.39, 0.29) is 0 Å². The van der Waals surface area contributed by atoms with Gasteiger partial charge in [-0.3, -0.25) is 0 Å².